The number of rotatable bonds is 4. The number of carbonyl (C=O) groups is 1. The van der Waals surface area contributed by atoms with Crippen LogP contribution in [0.2, 0.25) is 0 Å². The van der Waals surface area contributed by atoms with Gasteiger partial charge in [0.15, 0.2) is 0 Å². The van der Waals surface area contributed by atoms with E-state index in [4.69, 9.17) is 0 Å². The lowest BCUT2D eigenvalue weighted by Gasteiger charge is -2.05. The van der Waals surface area contributed by atoms with Crippen molar-refractivity contribution >= 4 is 5.91 Å². The molecule has 0 bridgehead atoms. The summed E-state index contributed by atoms with van der Waals surface area (Å²) >= 11 is 0. The predicted octanol–water partition coefficient (Wildman–Crippen LogP) is 1.90. The molecular formula is C16H15N5O. The van der Waals surface area contributed by atoms with Gasteiger partial charge in [0.05, 0.1) is 24.6 Å². The zero-order chi connectivity index (χ0) is 15.4. The number of nitrogens with one attached hydrogen (secondary N) is 1. The molecule has 6 heteroatoms. The molecule has 0 saturated carbocycles. The molecule has 2 heterocycles. The second kappa shape index (κ2) is 6.17. The molecule has 110 valence electrons. The Morgan fingerprint density at radius 1 is 1.23 bits per heavy atom. The maximum atomic E-state index is 12.1. The zero-order valence-corrected chi connectivity index (χ0v) is 12.1. The van der Waals surface area contributed by atoms with Crippen LogP contribution in [0.25, 0.3) is 5.69 Å². The molecule has 6 nitrogen and oxygen atoms in total. The zero-order valence-electron chi connectivity index (χ0n) is 12.1. The average molecular weight is 293 g/mol. The number of hydrogen-bond donors (Lipinski definition) is 1. The molecule has 0 saturated heterocycles. The number of hydrogen-bond acceptors (Lipinski definition) is 4. The monoisotopic (exact) mass is 293 g/mol. The molecule has 0 radical (unpaired) electrons. The molecule has 1 N–H and O–H groups in total. The van der Waals surface area contributed by atoms with Gasteiger partial charge in [-0.1, -0.05) is 23.4 Å². The van der Waals surface area contributed by atoms with Crippen molar-refractivity contribution in [2.45, 2.75) is 13.5 Å². The van der Waals surface area contributed by atoms with Crippen LogP contribution >= 0.6 is 0 Å². The van der Waals surface area contributed by atoms with Gasteiger partial charge in [-0.25, -0.2) is 4.68 Å². The van der Waals surface area contributed by atoms with E-state index in [1.807, 2.05) is 37.3 Å². The Kier molecular flexibility index (Phi) is 3.91. The van der Waals surface area contributed by atoms with Crippen LogP contribution in [0.4, 0.5) is 0 Å². The molecule has 1 aromatic carbocycles. The highest BCUT2D eigenvalue weighted by molar-refractivity contribution is 5.95. The van der Waals surface area contributed by atoms with E-state index in [1.165, 1.54) is 0 Å². The quantitative estimate of drug-likeness (QED) is 0.797. The summed E-state index contributed by atoms with van der Waals surface area (Å²) in [7, 11) is 0. The van der Waals surface area contributed by atoms with Gasteiger partial charge < -0.3 is 5.32 Å². The van der Waals surface area contributed by atoms with Gasteiger partial charge in [0.2, 0.25) is 0 Å². The summed E-state index contributed by atoms with van der Waals surface area (Å²) in [5, 5.41) is 10.9. The van der Waals surface area contributed by atoms with E-state index in [2.05, 4.69) is 20.6 Å². The summed E-state index contributed by atoms with van der Waals surface area (Å²) < 4.78 is 1.63. The molecule has 1 amide bonds. The van der Waals surface area contributed by atoms with Crippen LogP contribution in [0.15, 0.2) is 55.0 Å². The van der Waals surface area contributed by atoms with E-state index < -0.39 is 0 Å². The fraction of sp³-hybridized carbons (Fsp3) is 0.125. The largest absolute Gasteiger partial charge is 0.346 e. The summed E-state index contributed by atoms with van der Waals surface area (Å²) in [6, 6.07) is 11.2. The maximum absolute atomic E-state index is 12.1. The van der Waals surface area contributed by atoms with Gasteiger partial charge in [-0.05, 0) is 30.7 Å². The lowest BCUT2D eigenvalue weighted by Crippen LogP contribution is -2.23. The molecular weight excluding hydrogens is 278 g/mol. The molecule has 3 rings (SSSR count). The Morgan fingerprint density at radius 2 is 2.09 bits per heavy atom. The maximum Gasteiger partial charge on any atom is 0.251 e. The van der Waals surface area contributed by atoms with Crippen LogP contribution < -0.4 is 5.32 Å². The van der Waals surface area contributed by atoms with Crippen LogP contribution in [0.3, 0.4) is 0 Å². The average Bonchev–Trinajstić information content (AvgIpc) is 3.03. The van der Waals surface area contributed by atoms with E-state index in [-0.39, 0.29) is 5.91 Å². The minimum absolute atomic E-state index is 0.117. The van der Waals surface area contributed by atoms with E-state index in [0.29, 0.717) is 17.8 Å². The Bertz CT molecular complexity index is 782. The number of amides is 1. The Labute approximate surface area is 127 Å². The molecule has 0 aliphatic carbocycles. The summed E-state index contributed by atoms with van der Waals surface area (Å²) in [4.78, 5) is 16.2. The summed E-state index contributed by atoms with van der Waals surface area (Å²) in [6.45, 7) is 2.24. The van der Waals surface area contributed by atoms with Crippen molar-refractivity contribution in [1.29, 1.82) is 0 Å². The summed E-state index contributed by atoms with van der Waals surface area (Å²) in [6.07, 6.45) is 5.17. The number of benzene rings is 1. The molecule has 0 aliphatic heterocycles. The summed E-state index contributed by atoms with van der Waals surface area (Å²) in [5.41, 5.74) is 3.12. The Balaban J connectivity index is 1.67. The lowest BCUT2D eigenvalue weighted by molar-refractivity contribution is 0.0950. The van der Waals surface area contributed by atoms with Crippen LogP contribution in [0.5, 0.6) is 0 Å². The Morgan fingerprint density at radius 3 is 2.86 bits per heavy atom. The highest BCUT2D eigenvalue weighted by Crippen LogP contribution is 2.07. The van der Waals surface area contributed by atoms with Crippen LogP contribution in [-0.4, -0.2) is 25.9 Å². The summed E-state index contributed by atoms with van der Waals surface area (Å²) in [5.74, 6) is -0.117. The van der Waals surface area contributed by atoms with Gasteiger partial charge in [-0.3, -0.25) is 9.78 Å². The third-order valence-corrected chi connectivity index (χ3v) is 3.27. The molecule has 0 atom stereocenters. The third kappa shape index (κ3) is 3.01. The van der Waals surface area contributed by atoms with E-state index in [1.54, 1.807) is 29.3 Å². The first kappa shape index (κ1) is 13.9. The minimum Gasteiger partial charge on any atom is -0.346 e. The highest BCUT2D eigenvalue weighted by atomic mass is 16.1. The van der Waals surface area contributed by atoms with Crippen molar-refractivity contribution in [2.24, 2.45) is 0 Å². The second-order valence-corrected chi connectivity index (χ2v) is 4.86. The van der Waals surface area contributed by atoms with Gasteiger partial charge in [0.25, 0.3) is 5.91 Å². The van der Waals surface area contributed by atoms with Gasteiger partial charge in [-0.15, -0.1) is 5.10 Å². The van der Waals surface area contributed by atoms with E-state index in [0.717, 1.165) is 11.3 Å². The van der Waals surface area contributed by atoms with Crippen LogP contribution in [0.1, 0.15) is 21.6 Å². The van der Waals surface area contributed by atoms with Crippen molar-refractivity contribution in [1.82, 2.24) is 25.3 Å². The molecule has 3 aromatic rings. The van der Waals surface area contributed by atoms with Crippen LogP contribution in [0, 0.1) is 6.92 Å². The van der Waals surface area contributed by atoms with Crippen molar-refractivity contribution in [3.8, 4) is 5.69 Å². The van der Waals surface area contributed by atoms with Gasteiger partial charge in [0, 0.05) is 11.8 Å². The van der Waals surface area contributed by atoms with Crippen molar-refractivity contribution in [2.75, 3.05) is 0 Å². The Hall–Kier alpha value is -3.02. The first-order chi connectivity index (χ1) is 10.7. The minimum atomic E-state index is -0.117. The number of carbonyl (C=O) groups excluding carboxylic acids is 1. The van der Waals surface area contributed by atoms with E-state index in [9.17, 15) is 4.79 Å². The van der Waals surface area contributed by atoms with Gasteiger partial charge in [0.1, 0.15) is 5.69 Å². The SMILES string of the molecule is Cc1ccccc1C(=O)NCc1cn(-c2cccnc2)nn1. The number of nitrogens with zero attached hydrogens (tertiary/aromatic N) is 4. The number of aryl methyl sites for hydroxylation is 1. The first-order valence-corrected chi connectivity index (χ1v) is 6.89. The van der Waals surface area contributed by atoms with Crippen molar-refractivity contribution in [3.63, 3.8) is 0 Å². The molecule has 22 heavy (non-hydrogen) atoms. The van der Waals surface area contributed by atoms with Crippen molar-refractivity contribution < 1.29 is 4.79 Å². The first-order valence-electron chi connectivity index (χ1n) is 6.89. The molecule has 0 fully saturated rings. The van der Waals surface area contributed by atoms with E-state index >= 15 is 0 Å². The molecule has 0 spiro atoms. The second-order valence-electron chi connectivity index (χ2n) is 4.86. The smallest absolute Gasteiger partial charge is 0.251 e. The highest BCUT2D eigenvalue weighted by Gasteiger charge is 2.09. The lowest BCUT2D eigenvalue weighted by atomic mass is 10.1. The van der Waals surface area contributed by atoms with Gasteiger partial charge in [-0.2, -0.15) is 0 Å². The number of pyridine rings is 1. The fourth-order valence-corrected chi connectivity index (χ4v) is 2.09. The fourth-order valence-electron chi connectivity index (χ4n) is 2.09. The molecule has 0 aliphatic rings. The van der Waals surface area contributed by atoms with Crippen LogP contribution in [-0.2, 0) is 6.54 Å². The predicted molar refractivity (Wildman–Crippen MR) is 81.5 cm³/mol. The topological polar surface area (TPSA) is 72.7 Å². The third-order valence-electron chi connectivity index (χ3n) is 3.27. The molecule has 0 unspecified atom stereocenters. The van der Waals surface area contributed by atoms with Crippen molar-refractivity contribution in [3.05, 3.63) is 71.8 Å². The molecule has 2 aromatic heterocycles. The standard InChI is InChI=1S/C16H15N5O/c1-12-5-2-3-7-15(12)16(22)18-9-13-11-21(20-19-13)14-6-4-8-17-10-14/h2-8,10-11H,9H2,1H3,(H,18,22). The number of aromatic nitrogens is 4. The van der Waals surface area contributed by atoms with Gasteiger partial charge >= 0.3 is 0 Å². The normalized spacial score (nSPS) is 10.4.